The third kappa shape index (κ3) is 4.13. The highest BCUT2D eigenvalue weighted by Gasteiger charge is 2.04. The van der Waals surface area contributed by atoms with Crippen LogP contribution in [0, 0.1) is 0 Å². The number of ether oxygens (including phenoxy) is 1. The van der Waals surface area contributed by atoms with Crippen molar-refractivity contribution in [2.24, 2.45) is 0 Å². The molecule has 0 amide bonds. The van der Waals surface area contributed by atoms with Crippen LogP contribution >= 0.6 is 0 Å². The number of hydrogen-bond donors (Lipinski definition) is 2. The summed E-state index contributed by atoms with van der Waals surface area (Å²) in [6.07, 6.45) is 3.32. The lowest BCUT2D eigenvalue weighted by Crippen LogP contribution is -2.01. The molecule has 0 unspecified atom stereocenters. The normalized spacial score (nSPS) is 11.5. The summed E-state index contributed by atoms with van der Waals surface area (Å²) in [5.74, 6) is -2.44. The highest BCUT2D eigenvalue weighted by Crippen LogP contribution is 2.12. The van der Waals surface area contributed by atoms with Gasteiger partial charge in [-0.3, -0.25) is 4.79 Å². The number of allylic oxidation sites excluding steroid dienone is 2. The number of carboxylic acid groups (broad SMARTS) is 1. The summed E-state index contributed by atoms with van der Waals surface area (Å²) in [5.41, 5.74) is 0.757. The fraction of sp³-hybridized carbons (Fsp3) is 0.0769. The van der Waals surface area contributed by atoms with Crippen LogP contribution in [-0.2, 0) is 9.59 Å². The van der Waals surface area contributed by atoms with E-state index in [4.69, 9.17) is 14.9 Å². The quantitative estimate of drug-likeness (QED) is 0.613. The lowest BCUT2D eigenvalue weighted by molar-refractivity contribution is -0.135. The van der Waals surface area contributed by atoms with Crippen molar-refractivity contribution in [2.45, 2.75) is 0 Å². The Hall–Kier alpha value is -2.56. The minimum atomic E-state index is -1.54. The van der Waals surface area contributed by atoms with Crippen LogP contribution in [0.25, 0.3) is 6.08 Å². The molecule has 1 aromatic carbocycles. The van der Waals surface area contributed by atoms with Crippen LogP contribution in [-0.4, -0.2) is 29.1 Å². The second kappa shape index (κ2) is 6.24. The van der Waals surface area contributed by atoms with Gasteiger partial charge >= 0.3 is 5.97 Å². The predicted octanol–water partition coefficient (Wildman–Crippen LogP) is 1.80. The Kier molecular flexibility index (Phi) is 4.68. The first-order valence-electron chi connectivity index (χ1n) is 5.03. The molecule has 1 rings (SSSR count). The topological polar surface area (TPSA) is 83.8 Å². The second-order valence-corrected chi connectivity index (χ2v) is 3.34. The maximum atomic E-state index is 11.2. The Labute approximate surface area is 104 Å². The summed E-state index contributed by atoms with van der Waals surface area (Å²) in [6, 6.07) is 6.94. The highest BCUT2D eigenvalue weighted by atomic mass is 16.5. The molecule has 0 fully saturated rings. The Bertz CT molecular complexity index is 497. The van der Waals surface area contributed by atoms with E-state index in [1.807, 2.05) is 0 Å². The molecule has 5 heteroatoms. The number of aliphatic hydroxyl groups excluding tert-OH is 1. The molecule has 0 saturated heterocycles. The van der Waals surface area contributed by atoms with Gasteiger partial charge in [-0.05, 0) is 23.8 Å². The number of carbonyl (C=O) groups excluding carboxylic acids is 1. The van der Waals surface area contributed by atoms with Gasteiger partial charge in [-0.15, -0.1) is 0 Å². The van der Waals surface area contributed by atoms with Crippen molar-refractivity contribution >= 4 is 17.8 Å². The van der Waals surface area contributed by atoms with E-state index in [9.17, 15) is 9.59 Å². The Morgan fingerprint density at radius 2 is 1.78 bits per heavy atom. The summed E-state index contributed by atoms with van der Waals surface area (Å²) in [5, 5.41) is 17.2. The molecule has 0 aromatic heterocycles. The van der Waals surface area contributed by atoms with Crippen molar-refractivity contribution in [1.82, 2.24) is 0 Å². The second-order valence-electron chi connectivity index (χ2n) is 3.34. The van der Waals surface area contributed by atoms with Crippen LogP contribution in [0.4, 0.5) is 0 Å². The van der Waals surface area contributed by atoms with Gasteiger partial charge < -0.3 is 14.9 Å². The number of benzene rings is 1. The zero-order chi connectivity index (χ0) is 13.5. The van der Waals surface area contributed by atoms with Crippen molar-refractivity contribution < 1.29 is 24.5 Å². The summed E-state index contributed by atoms with van der Waals surface area (Å²) >= 11 is 0. The zero-order valence-electron chi connectivity index (χ0n) is 9.66. The molecule has 2 N–H and O–H groups in total. The molecule has 18 heavy (non-hydrogen) atoms. The average molecular weight is 248 g/mol. The molecule has 0 heterocycles. The minimum Gasteiger partial charge on any atom is -0.502 e. The third-order valence-corrected chi connectivity index (χ3v) is 2.05. The Morgan fingerprint density at radius 3 is 2.28 bits per heavy atom. The monoisotopic (exact) mass is 248 g/mol. The van der Waals surface area contributed by atoms with Gasteiger partial charge in [0.05, 0.1) is 7.11 Å². The average Bonchev–Trinajstić information content (AvgIpc) is 2.36. The standard InChI is InChI=1S/C13H12O5/c1-18-11-6-3-9(4-7-11)2-5-10(14)8-12(15)13(16)17/h2-8,15H,1H3,(H,16,17)/b5-2+,12-8-. The maximum Gasteiger partial charge on any atom is 0.371 e. The zero-order valence-corrected chi connectivity index (χ0v) is 9.66. The van der Waals surface area contributed by atoms with E-state index in [0.717, 1.165) is 5.56 Å². The predicted molar refractivity (Wildman–Crippen MR) is 65.4 cm³/mol. The van der Waals surface area contributed by atoms with E-state index in [0.29, 0.717) is 11.8 Å². The van der Waals surface area contributed by atoms with Gasteiger partial charge in [0.25, 0.3) is 0 Å². The third-order valence-electron chi connectivity index (χ3n) is 2.05. The van der Waals surface area contributed by atoms with Gasteiger partial charge in [0.15, 0.2) is 5.78 Å². The smallest absolute Gasteiger partial charge is 0.371 e. The first-order valence-corrected chi connectivity index (χ1v) is 5.03. The minimum absolute atomic E-state index is 0.606. The largest absolute Gasteiger partial charge is 0.502 e. The molecular weight excluding hydrogens is 236 g/mol. The summed E-state index contributed by atoms with van der Waals surface area (Å²) in [6.45, 7) is 0. The highest BCUT2D eigenvalue weighted by molar-refractivity contribution is 6.05. The number of rotatable bonds is 5. The van der Waals surface area contributed by atoms with Crippen LogP contribution in [0.2, 0.25) is 0 Å². The molecule has 5 nitrogen and oxygen atoms in total. The van der Waals surface area contributed by atoms with Gasteiger partial charge in [0.2, 0.25) is 5.76 Å². The van der Waals surface area contributed by atoms with Gasteiger partial charge in [0, 0.05) is 6.08 Å². The first kappa shape index (κ1) is 13.5. The van der Waals surface area contributed by atoms with Crippen LogP contribution in [0.3, 0.4) is 0 Å². The van der Waals surface area contributed by atoms with Crippen LogP contribution in [0.15, 0.2) is 42.2 Å². The van der Waals surface area contributed by atoms with Crippen molar-refractivity contribution in [1.29, 1.82) is 0 Å². The van der Waals surface area contributed by atoms with Crippen molar-refractivity contribution in [3.8, 4) is 5.75 Å². The van der Waals surface area contributed by atoms with Gasteiger partial charge in [0.1, 0.15) is 5.75 Å². The van der Waals surface area contributed by atoms with Crippen LogP contribution in [0.1, 0.15) is 5.56 Å². The number of carboxylic acids is 1. The number of carbonyl (C=O) groups is 2. The number of aliphatic carboxylic acids is 1. The van der Waals surface area contributed by atoms with Gasteiger partial charge in [-0.2, -0.15) is 0 Å². The maximum absolute atomic E-state index is 11.2. The number of ketones is 1. The molecule has 0 atom stereocenters. The molecule has 0 aliphatic heterocycles. The number of aliphatic hydroxyl groups is 1. The molecule has 1 aromatic rings. The lowest BCUT2D eigenvalue weighted by Gasteiger charge is -1.98. The Morgan fingerprint density at radius 1 is 1.17 bits per heavy atom. The lowest BCUT2D eigenvalue weighted by atomic mass is 10.2. The number of methoxy groups -OCH3 is 1. The Balaban J connectivity index is 2.71. The molecule has 0 saturated carbocycles. The molecular formula is C13H12O5. The van der Waals surface area contributed by atoms with E-state index in [1.54, 1.807) is 31.4 Å². The van der Waals surface area contributed by atoms with E-state index in [-0.39, 0.29) is 0 Å². The summed E-state index contributed by atoms with van der Waals surface area (Å²) in [4.78, 5) is 21.5. The van der Waals surface area contributed by atoms with Crippen LogP contribution < -0.4 is 4.74 Å². The van der Waals surface area contributed by atoms with E-state index in [2.05, 4.69) is 0 Å². The van der Waals surface area contributed by atoms with Crippen molar-refractivity contribution in [3.63, 3.8) is 0 Å². The molecule has 0 spiro atoms. The van der Waals surface area contributed by atoms with E-state index >= 15 is 0 Å². The van der Waals surface area contributed by atoms with Gasteiger partial charge in [-0.25, -0.2) is 4.79 Å². The van der Waals surface area contributed by atoms with Crippen molar-refractivity contribution in [3.05, 3.63) is 47.7 Å². The van der Waals surface area contributed by atoms with Crippen molar-refractivity contribution in [2.75, 3.05) is 7.11 Å². The fourth-order valence-corrected chi connectivity index (χ4v) is 1.14. The molecule has 0 aliphatic rings. The number of hydrogen-bond acceptors (Lipinski definition) is 4. The summed E-state index contributed by atoms with van der Waals surface area (Å²) in [7, 11) is 1.55. The van der Waals surface area contributed by atoms with Crippen LogP contribution in [0.5, 0.6) is 5.75 Å². The fourth-order valence-electron chi connectivity index (χ4n) is 1.14. The summed E-state index contributed by atoms with van der Waals surface area (Å²) < 4.78 is 4.97. The molecule has 0 radical (unpaired) electrons. The molecule has 0 bridgehead atoms. The SMILES string of the molecule is COc1ccc(/C=C/C(=O)/C=C(\O)C(=O)O)cc1. The first-order chi connectivity index (χ1) is 8.52. The van der Waals surface area contributed by atoms with E-state index < -0.39 is 17.5 Å². The molecule has 94 valence electrons. The molecule has 0 aliphatic carbocycles. The van der Waals surface area contributed by atoms with Gasteiger partial charge in [-0.1, -0.05) is 18.2 Å². The van der Waals surface area contributed by atoms with E-state index in [1.165, 1.54) is 12.2 Å².